The van der Waals surface area contributed by atoms with Crippen LogP contribution in [0.4, 0.5) is 0 Å². The molecule has 0 saturated carbocycles. The van der Waals surface area contributed by atoms with Gasteiger partial charge >= 0.3 is 0 Å². The Labute approximate surface area is 112 Å². The van der Waals surface area contributed by atoms with Gasteiger partial charge in [-0.05, 0) is 19.3 Å². The lowest BCUT2D eigenvalue weighted by molar-refractivity contribution is -0.145. The topological polar surface area (TPSA) is 43.2 Å². The molecule has 0 aliphatic carbocycles. The molecule has 108 valence electrons. The van der Waals surface area contributed by atoms with Crippen LogP contribution in [-0.2, 0) is 9.47 Å². The summed E-state index contributed by atoms with van der Waals surface area (Å²) in [6.07, 6.45) is 6.22. The van der Waals surface area contributed by atoms with Gasteiger partial charge in [-0.1, -0.05) is 33.6 Å². The summed E-state index contributed by atoms with van der Waals surface area (Å²) in [5.74, 6) is 0. The van der Waals surface area contributed by atoms with Crippen LogP contribution in [0, 0.1) is 0 Å². The molecule has 0 bridgehead atoms. The number of nitrogens with zero attached hydrogens (tertiary/aromatic N) is 2. The second kappa shape index (κ2) is 14.6. The molecule has 0 amide bonds. The standard InChI is InChI=1S/C14H30N2O2/c1-4-7-12-17-14(18-13-8-5-2)9-11-16-15-10-6-3/h14H,4-13H2,1-3H3. The molecule has 0 aliphatic rings. The van der Waals surface area contributed by atoms with E-state index < -0.39 is 0 Å². The van der Waals surface area contributed by atoms with Crippen LogP contribution in [-0.4, -0.2) is 32.6 Å². The zero-order valence-electron chi connectivity index (χ0n) is 12.4. The van der Waals surface area contributed by atoms with E-state index in [2.05, 4.69) is 31.0 Å². The fourth-order valence-electron chi connectivity index (χ4n) is 1.34. The highest BCUT2D eigenvalue weighted by atomic mass is 16.7. The van der Waals surface area contributed by atoms with Crippen LogP contribution in [0.25, 0.3) is 0 Å². The molecule has 0 aliphatic heterocycles. The summed E-state index contributed by atoms with van der Waals surface area (Å²) in [5, 5.41) is 8.19. The number of hydrogen-bond donors (Lipinski definition) is 0. The van der Waals surface area contributed by atoms with E-state index in [1.165, 1.54) is 0 Å². The Morgan fingerprint density at radius 1 is 0.778 bits per heavy atom. The molecule has 0 aromatic rings. The summed E-state index contributed by atoms with van der Waals surface area (Å²) in [6.45, 7) is 9.49. The van der Waals surface area contributed by atoms with Crippen molar-refractivity contribution < 1.29 is 9.47 Å². The third-order valence-electron chi connectivity index (χ3n) is 2.49. The van der Waals surface area contributed by atoms with Gasteiger partial charge < -0.3 is 9.47 Å². The highest BCUT2D eigenvalue weighted by Gasteiger charge is 2.08. The van der Waals surface area contributed by atoms with Crippen LogP contribution in [0.2, 0.25) is 0 Å². The van der Waals surface area contributed by atoms with E-state index in [1.54, 1.807) is 0 Å². The first kappa shape index (κ1) is 17.5. The van der Waals surface area contributed by atoms with Crippen LogP contribution in [0.15, 0.2) is 10.2 Å². The Kier molecular flexibility index (Phi) is 14.2. The van der Waals surface area contributed by atoms with Crippen molar-refractivity contribution in [3.8, 4) is 0 Å². The second-order valence-corrected chi connectivity index (χ2v) is 4.40. The summed E-state index contributed by atoms with van der Waals surface area (Å²) < 4.78 is 11.4. The minimum atomic E-state index is -0.108. The summed E-state index contributed by atoms with van der Waals surface area (Å²) in [6, 6.07) is 0. The molecule has 0 radical (unpaired) electrons. The summed E-state index contributed by atoms with van der Waals surface area (Å²) >= 11 is 0. The number of hydrogen-bond acceptors (Lipinski definition) is 4. The van der Waals surface area contributed by atoms with Gasteiger partial charge in [0.15, 0.2) is 6.29 Å². The molecule has 0 aromatic carbocycles. The average molecular weight is 258 g/mol. The molecule has 0 atom stereocenters. The Morgan fingerprint density at radius 3 is 1.83 bits per heavy atom. The molecule has 0 aromatic heterocycles. The maximum atomic E-state index is 5.71. The van der Waals surface area contributed by atoms with Crippen molar-refractivity contribution in [1.29, 1.82) is 0 Å². The minimum Gasteiger partial charge on any atom is -0.353 e. The van der Waals surface area contributed by atoms with Crippen LogP contribution in [0.1, 0.15) is 59.3 Å². The Morgan fingerprint density at radius 2 is 1.33 bits per heavy atom. The van der Waals surface area contributed by atoms with Gasteiger partial charge in [0.2, 0.25) is 0 Å². The molecule has 0 N–H and O–H groups in total. The molecule has 0 fully saturated rings. The van der Waals surface area contributed by atoms with Crippen LogP contribution >= 0.6 is 0 Å². The van der Waals surface area contributed by atoms with Gasteiger partial charge in [-0.25, -0.2) is 0 Å². The average Bonchev–Trinajstić information content (AvgIpc) is 2.38. The van der Waals surface area contributed by atoms with Gasteiger partial charge in [-0.3, -0.25) is 0 Å². The van der Waals surface area contributed by atoms with Gasteiger partial charge in [0.05, 0.1) is 13.1 Å². The van der Waals surface area contributed by atoms with E-state index in [1.807, 2.05) is 0 Å². The lowest BCUT2D eigenvalue weighted by Gasteiger charge is -2.17. The molecule has 4 nitrogen and oxygen atoms in total. The molecule has 0 saturated heterocycles. The Bertz CT molecular complexity index is 177. The lowest BCUT2D eigenvalue weighted by atomic mass is 10.3. The molecule has 0 rings (SSSR count). The number of unbranched alkanes of at least 4 members (excludes halogenated alkanes) is 2. The first-order valence-electron chi connectivity index (χ1n) is 7.41. The van der Waals surface area contributed by atoms with E-state index in [-0.39, 0.29) is 6.29 Å². The van der Waals surface area contributed by atoms with E-state index in [0.29, 0.717) is 6.54 Å². The van der Waals surface area contributed by atoms with Gasteiger partial charge in [0, 0.05) is 19.6 Å². The molecule has 0 spiro atoms. The van der Waals surface area contributed by atoms with Crippen molar-refractivity contribution in [3.63, 3.8) is 0 Å². The fraction of sp³-hybridized carbons (Fsp3) is 1.00. The first-order valence-corrected chi connectivity index (χ1v) is 7.41. The minimum absolute atomic E-state index is 0.108. The zero-order chi connectivity index (χ0) is 13.5. The van der Waals surface area contributed by atoms with Crippen molar-refractivity contribution in [3.05, 3.63) is 0 Å². The third-order valence-corrected chi connectivity index (χ3v) is 2.49. The molecular weight excluding hydrogens is 228 g/mol. The summed E-state index contributed by atoms with van der Waals surface area (Å²) in [7, 11) is 0. The largest absolute Gasteiger partial charge is 0.353 e. The first-order chi connectivity index (χ1) is 8.85. The number of azo groups is 1. The Hall–Kier alpha value is -0.480. The van der Waals surface area contributed by atoms with Crippen LogP contribution < -0.4 is 0 Å². The van der Waals surface area contributed by atoms with Gasteiger partial charge in [0.1, 0.15) is 0 Å². The van der Waals surface area contributed by atoms with Crippen molar-refractivity contribution >= 4 is 0 Å². The van der Waals surface area contributed by atoms with Crippen molar-refractivity contribution in [1.82, 2.24) is 0 Å². The predicted molar refractivity (Wildman–Crippen MR) is 75.0 cm³/mol. The SMILES string of the molecule is CCCCOC(CCN=NCCC)OCCCC. The monoisotopic (exact) mass is 258 g/mol. The molecule has 4 heteroatoms. The van der Waals surface area contributed by atoms with Gasteiger partial charge in [-0.2, -0.15) is 10.2 Å². The molecule has 0 heterocycles. The van der Waals surface area contributed by atoms with Crippen molar-refractivity contribution in [2.45, 2.75) is 65.6 Å². The van der Waals surface area contributed by atoms with E-state index >= 15 is 0 Å². The van der Waals surface area contributed by atoms with Crippen LogP contribution in [0.3, 0.4) is 0 Å². The smallest absolute Gasteiger partial charge is 0.159 e. The lowest BCUT2D eigenvalue weighted by Crippen LogP contribution is -2.19. The van der Waals surface area contributed by atoms with Crippen molar-refractivity contribution in [2.75, 3.05) is 26.3 Å². The molecular formula is C14H30N2O2. The normalized spacial score (nSPS) is 11.8. The van der Waals surface area contributed by atoms with E-state index in [0.717, 1.165) is 58.3 Å². The number of ether oxygens (including phenoxy) is 2. The van der Waals surface area contributed by atoms with Crippen LogP contribution in [0.5, 0.6) is 0 Å². The third kappa shape index (κ3) is 12.0. The molecule has 0 unspecified atom stereocenters. The molecule has 18 heavy (non-hydrogen) atoms. The van der Waals surface area contributed by atoms with Gasteiger partial charge in [-0.15, -0.1) is 0 Å². The van der Waals surface area contributed by atoms with Crippen molar-refractivity contribution in [2.24, 2.45) is 10.2 Å². The fourth-order valence-corrected chi connectivity index (χ4v) is 1.34. The number of rotatable bonds is 13. The zero-order valence-corrected chi connectivity index (χ0v) is 12.4. The Balaban J connectivity index is 3.72. The predicted octanol–water partition coefficient (Wildman–Crippen LogP) is 4.20. The van der Waals surface area contributed by atoms with E-state index in [9.17, 15) is 0 Å². The maximum absolute atomic E-state index is 5.71. The summed E-state index contributed by atoms with van der Waals surface area (Å²) in [5.41, 5.74) is 0. The second-order valence-electron chi connectivity index (χ2n) is 4.40. The quantitative estimate of drug-likeness (QED) is 0.282. The van der Waals surface area contributed by atoms with E-state index in [4.69, 9.17) is 9.47 Å². The van der Waals surface area contributed by atoms with Gasteiger partial charge in [0.25, 0.3) is 0 Å². The summed E-state index contributed by atoms with van der Waals surface area (Å²) in [4.78, 5) is 0. The highest BCUT2D eigenvalue weighted by molar-refractivity contribution is 4.50. The highest BCUT2D eigenvalue weighted by Crippen LogP contribution is 2.05. The maximum Gasteiger partial charge on any atom is 0.159 e.